The average molecular weight is 206 g/mol. The number of benzene rings is 1. The lowest BCUT2D eigenvalue weighted by Crippen LogP contribution is -2.06. The van der Waals surface area contributed by atoms with Gasteiger partial charge in [-0.05, 0) is 6.07 Å². The van der Waals surface area contributed by atoms with Crippen molar-refractivity contribution in [2.45, 2.75) is 6.42 Å². The van der Waals surface area contributed by atoms with E-state index in [-0.39, 0.29) is 12.2 Å². The second kappa shape index (κ2) is 3.27. The molecule has 5 nitrogen and oxygen atoms in total. The Morgan fingerprint density at radius 2 is 2.27 bits per heavy atom. The number of aliphatic carboxylic acids is 1. The van der Waals surface area contributed by atoms with Gasteiger partial charge in [0.05, 0.1) is 12.1 Å². The molecule has 15 heavy (non-hydrogen) atoms. The van der Waals surface area contributed by atoms with Gasteiger partial charge in [-0.2, -0.15) is 5.10 Å². The molecular weight excluding hydrogens is 196 g/mol. The van der Waals surface area contributed by atoms with E-state index in [1.54, 1.807) is 19.2 Å². The van der Waals surface area contributed by atoms with Gasteiger partial charge in [-0.3, -0.25) is 9.48 Å². The van der Waals surface area contributed by atoms with Crippen LogP contribution < -0.4 is 0 Å². The SMILES string of the molecule is Cn1nc2c(O)cccc2c1CC(=O)O. The molecule has 0 aliphatic heterocycles. The van der Waals surface area contributed by atoms with E-state index in [2.05, 4.69) is 5.10 Å². The van der Waals surface area contributed by atoms with E-state index in [9.17, 15) is 9.90 Å². The van der Waals surface area contributed by atoms with Gasteiger partial charge in [0.25, 0.3) is 0 Å². The van der Waals surface area contributed by atoms with E-state index in [1.807, 2.05) is 0 Å². The summed E-state index contributed by atoms with van der Waals surface area (Å²) in [4.78, 5) is 10.6. The van der Waals surface area contributed by atoms with Crippen LogP contribution in [0.15, 0.2) is 18.2 Å². The van der Waals surface area contributed by atoms with Crippen LogP contribution >= 0.6 is 0 Å². The number of phenols is 1. The maximum absolute atomic E-state index is 10.6. The molecule has 0 radical (unpaired) electrons. The minimum atomic E-state index is -0.914. The first-order valence-electron chi connectivity index (χ1n) is 4.45. The molecule has 1 aromatic carbocycles. The number of hydrogen-bond donors (Lipinski definition) is 2. The Labute approximate surface area is 85.6 Å². The molecule has 0 saturated carbocycles. The van der Waals surface area contributed by atoms with Gasteiger partial charge in [0.1, 0.15) is 11.3 Å². The molecule has 0 atom stereocenters. The highest BCUT2D eigenvalue weighted by Crippen LogP contribution is 2.25. The van der Waals surface area contributed by atoms with Crippen LogP contribution in [0.5, 0.6) is 5.75 Å². The molecule has 2 N–H and O–H groups in total. The standard InChI is InChI=1S/C10H10N2O3/c1-12-7(5-9(14)15)6-3-2-4-8(13)10(6)11-12/h2-4,13H,5H2,1H3,(H,14,15). The molecule has 1 heterocycles. The van der Waals surface area contributed by atoms with Crippen molar-refractivity contribution in [1.29, 1.82) is 0 Å². The van der Waals surface area contributed by atoms with Gasteiger partial charge in [0.2, 0.25) is 0 Å². The number of carboxylic acid groups (broad SMARTS) is 1. The van der Waals surface area contributed by atoms with Gasteiger partial charge in [-0.15, -0.1) is 0 Å². The number of aromatic hydroxyl groups is 1. The number of phenolic OH excluding ortho intramolecular Hbond substituents is 1. The summed E-state index contributed by atoms with van der Waals surface area (Å²) in [5.41, 5.74) is 1.03. The predicted molar refractivity (Wildman–Crippen MR) is 53.7 cm³/mol. The van der Waals surface area contributed by atoms with Crippen molar-refractivity contribution < 1.29 is 15.0 Å². The summed E-state index contributed by atoms with van der Waals surface area (Å²) in [6.07, 6.45) is -0.101. The summed E-state index contributed by atoms with van der Waals surface area (Å²) in [5.74, 6) is -0.844. The molecule has 0 saturated heterocycles. The van der Waals surface area contributed by atoms with Crippen molar-refractivity contribution in [2.75, 3.05) is 0 Å². The lowest BCUT2D eigenvalue weighted by molar-refractivity contribution is -0.136. The van der Waals surface area contributed by atoms with Gasteiger partial charge < -0.3 is 10.2 Å². The van der Waals surface area contributed by atoms with Crippen molar-refractivity contribution in [3.8, 4) is 5.75 Å². The molecule has 2 rings (SSSR count). The van der Waals surface area contributed by atoms with Gasteiger partial charge in [0, 0.05) is 12.4 Å². The first-order valence-corrected chi connectivity index (χ1v) is 4.45. The number of aromatic nitrogens is 2. The molecule has 0 amide bonds. The first kappa shape index (κ1) is 9.51. The maximum Gasteiger partial charge on any atom is 0.309 e. The number of carboxylic acids is 1. The Bertz CT molecular complexity index is 531. The van der Waals surface area contributed by atoms with E-state index in [0.717, 1.165) is 0 Å². The van der Waals surface area contributed by atoms with Gasteiger partial charge >= 0.3 is 5.97 Å². The average Bonchev–Trinajstić information content (AvgIpc) is 2.45. The van der Waals surface area contributed by atoms with Gasteiger partial charge in [-0.1, -0.05) is 12.1 Å². The van der Waals surface area contributed by atoms with Crippen LogP contribution in [-0.4, -0.2) is 26.0 Å². The smallest absolute Gasteiger partial charge is 0.309 e. The summed E-state index contributed by atoms with van der Waals surface area (Å²) in [7, 11) is 1.66. The highest BCUT2D eigenvalue weighted by atomic mass is 16.4. The Kier molecular flexibility index (Phi) is 2.07. The van der Waals surface area contributed by atoms with E-state index < -0.39 is 5.97 Å². The van der Waals surface area contributed by atoms with Crippen LogP contribution in [0.2, 0.25) is 0 Å². The summed E-state index contributed by atoms with van der Waals surface area (Å²) in [5, 5.41) is 23.0. The number of fused-ring (bicyclic) bond motifs is 1. The van der Waals surface area contributed by atoms with Gasteiger partial charge in [0.15, 0.2) is 0 Å². The number of rotatable bonds is 2. The van der Waals surface area contributed by atoms with E-state index >= 15 is 0 Å². The summed E-state index contributed by atoms with van der Waals surface area (Å²) < 4.78 is 1.48. The largest absolute Gasteiger partial charge is 0.506 e. The molecule has 0 fully saturated rings. The lowest BCUT2D eigenvalue weighted by Gasteiger charge is -1.97. The monoisotopic (exact) mass is 206 g/mol. The fourth-order valence-corrected chi connectivity index (χ4v) is 1.61. The maximum atomic E-state index is 10.6. The van der Waals surface area contributed by atoms with Crippen LogP contribution in [0.4, 0.5) is 0 Å². The van der Waals surface area contributed by atoms with Gasteiger partial charge in [-0.25, -0.2) is 0 Å². The third-order valence-electron chi connectivity index (χ3n) is 2.28. The second-order valence-electron chi connectivity index (χ2n) is 3.31. The summed E-state index contributed by atoms with van der Waals surface area (Å²) in [6.45, 7) is 0. The lowest BCUT2D eigenvalue weighted by atomic mass is 10.1. The van der Waals surface area contributed by atoms with Crippen molar-refractivity contribution in [3.05, 3.63) is 23.9 Å². The van der Waals surface area contributed by atoms with Crippen LogP contribution in [0.3, 0.4) is 0 Å². The molecule has 5 heteroatoms. The quantitative estimate of drug-likeness (QED) is 0.765. The van der Waals surface area contributed by atoms with E-state index in [4.69, 9.17) is 5.11 Å². The van der Waals surface area contributed by atoms with Crippen molar-refractivity contribution >= 4 is 16.9 Å². The Morgan fingerprint density at radius 1 is 1.53 bits per heavy atom. The molecule has 1 aromatic heterocycles. The second-order valence-corrected chi connectivity index (χ2v) is 3.31. The number of nitrogens with zero attached hydrogens (tertiary/aromatic N) is 2. The van der Waals surface area contributed by atoms with E-state index in [1.165, 1.54) is 10.7 Å². The first-order chi connectivity index (χ1) is 7.09. The third kappa shape index (κ3) is 1.52. The minimum Gasteiger partial charge on any atom is -0.506 e. The van der Waals surface area contributed by atoms with Crippen LogP contribution in [0.25, 0.3) is 10.9 Å². The number of hydrogen-bond acceptors (Lipinski definition) is 3. The van der Waals surface area contributed by atoms with Crippen LogP contribution in [0.1, 0.15) is 5.69 Å². The van der Waals surface area contributed by atoms with Crippen molar-refractivity contribution in [2.24, 2.45) is 7.05 Å². The normalized spacial score (nSPS) is 10.7. The van der Waals surface area contributed by atoms with Crippen molar-refractivity contribution in [3.63, 3.8) is 0 Å². The molecule has 0 aliphatic carbocycles. The van der Waals surface area contributed by atoms with E-state index in [0.29, 0.717) is 16.6 Å². The summed E-state index contributed by atoms with van der Waals surface area (Å²) in [6, 6.07) is 4.95. The highest BCUT2D eigenvalue weighted by molar-refractivity contribution is 5.89. The third-order valence-corrected chi connectivity index (χ3v) is 2.28. The highest BCUT2D eigenvalue weighted by Gasteiger charge is 2.13. The Balaban J connectivity index is 2.68. The fraction of sp³-hybridized carbons (Fsp3) is 0.200. The molecule has 0 spiro atoms. The summed E-state index contributed by atoms with van der Waals surface area (Å²) >= 11 is 0. The predicted octanol–water partition coefficient (Wildman–Crippen LogP) is 0.906. The zero-order chi connectivity index (χ0) is 11.0. The van der Waals surface area contributed by atoms with Crippen molar-refractivity contribution in [1.82, 2.24) is 9.78 Å². The zero-order valence-corrected chi connectivity index (χ0v) is 8.14. The molecule has 0 bridgehead atoms. The Morgan fingerprint density at radius 3 is 2.93 bits per heavy atom. The number of aryl methyl sites for hydroxylation is 1. The topological polar surface area (TPSA) is 75.3 Å². The minimum absolute atomic E-state index is 0.0692. The molecule has 78 valence electrons. The Hall–Kier alpha value is -2.04. The molecule has 2 aromatic rings. The van der Waals surface area contributed by atoms with Crippen LogP contribution in [0, 0.1) is 0 Å². The fourth-order valence-electron chi connectivity index (χ4n) is 1.61. The molecule has 0 unspecified atom stereocenters. The zero-order valence-electron chi connectivity index (χ0n) is 8.14. The number of carbonyl (C=O) groups is 1. The van der Waals surface area contributed by atoms with Crippen LogP contribution in [-0.2, 0) is 18.3 Å². The molecular formula is C10H10N2O3. The molecule has 0 aliphatic rings.